The van der Waals surface area contributed by atoms with Crippen LogP contribution in [0.2, 0.25) is 0 Å². The number of hydrogen-bond donors (Lipinski definition) is 0. The van der Waals surface area contributed by atoms with Crippen LogP contribution in [0.5, 0.6) is 11.5 Å². The molecule has 134 valence electrons. The molecule has 0 N–H and O–H groups in total. The number of rotatable bonds is 2. The lowest BCUT2D eigenvalue weighted by molar-refractivity contribution is -0.617. The molecule has 1 aliphatic rings. The third kappa shape index (κ3) is 1.95. The Morgan fingerprint density at radius 2 is 1.30 bits per heavy atom. The Bertz CT molecular complexity index is 1200. The maximum Gasteiger partial charge on any atom is 0.217 e. The van der Waals surface area contributed by atoms with Crippen LogP contribution in [-0.2, 0) is 7.05 Å². The fourth-order valence-corrected chi connectivity index (χ4v) is 4.42. The average Bonchev–Trinajstić information content (AvgIpc) is 2.72. The smallest absolute Gasteiger partial charge is 0.217 e. The molecule has 0 bridgehead atoms. The number of ether oxygens (including phenoxy) is 2. The van der Waals surface area contributed by atoms with Crippen LogP contribution >= 0.6 is 0 Å². The van der Waals surface area contributed by atoms with Crippen LogP contribution in [0, 0.1) is 0 Å². The van der Waals surface area contributed by atoms with Crippen molar-refractivity contribution in [3.05, 3.63) is 54.6 Å². The summed E-state index contributed by atoms with van der Waals surface area (Å²) >= 11 is 0. The van der Waals surface area contributed by atoms with Crippen molar-refractivity contribution in [1.29, 1.82) is 0 Å². The SMILES string of the molecule is COc1cccc2c1-c1c3c(OC)cccc3[n+](C)c3cccc(c13)N2C. The Morgan fingerprint density at radius 1 is 0.704 bits per heavy atom. The summed E-state index contributed by atoms with van der Waals surface area (Å²) in [5, 5.41) is 2.33. The van der Waals surface area contributed by atoms with Gasteiger partial charge in [0.1, 0.15) is 18.5 Å². The average molecular weight is 357 g/mol. The molecular formula is C23H21N2O2+. The van der Waals surface area contributed by atoms with E-state index in [4.69, 9.17) is 9.47 Å². The van der Waals surface area contributed by atoms with Gasteiger partial charge in [0.15, 0.2) is 0 Å². The first-order chi connectivity index (χ1) is 13.2. The van der Waals surface area contributed by atoms with E-state index in [1.165, 1.54) is 22.2 Å². The molecule has 0 radical (unpaired) electrons. The van der Waals surface area contributed by atoms with Crippen LogP contribution in [0.4, 0.5) is 11.4 Å². The number of hydrogen-bond acceptors (Lipinski definition) is 3. The number of nitrogens with zero attached hydrogens (tertiary/aromatic N) is 2. The number of pyridine rings is 1. The third-order valence-corrected chi connectivity index (χ3v) is 5.66. The van der Waals surface area contributed by atoms with Crippen molar-refractivity contribution in [3.8, 4) is 22.6 Å². The molecule has 2 heterocycles. The number of benzene rings is 3. The maximum atomic E-state index is 5.79. The Labute approximate surface area is 158 Å². The standard InChI is InChI=1S/C23H21N2O2/c1-24-14-8-5-9-15-20(14)23(21-16(24)10-6-12-18(21)26-3)22-17(25(15)2)11-7-13-19(22)27-4/h5-13H,1-4H3/q+1. The molecule has 1 aromatic heterocycles. The van der Waals surface area contributed by atoms with E-state index in [0.29, 0.717) is 0 Å². The summed E-state index contributed by atoms with van der Waals surface area (Å²) < 4.78 is 13.8. The molecule has 0 fully saturated rings. The lowest BCUT2D eigenvalue weighted by atomic mass is 9.89. The number of aromatic nitrogens is 1. The zero-order valence-electron chi connectivity index (χ0n) is 15.9. The fourth-order valence-electron chi connectivity index (χ4n) is 4.42. The lowest BCUT2D eigenvalue weighted by Crippen LogP contribution is -2.31. The minimum Gasteiger partial charge on any atom is -0.496 e. The highest BCUT2D eigenvalue weighted by Crippen LogP contribution is 2.53. The first-order valence-electron chi connectivity index (χ1n) is 9.00. The second-order valence-electron chi connectivity index (χ2n) is 6.87. The summed E-state index contributed by atoms with van der Waals surface area (Å²) in [5.41, 5.74) is 6.93. The molecule has 0 aliphatic carbocycles. The van der Waals surface area contributed by atoms with Crippen molar-refractivity contribution in [2.24, 2.45) is 7.05 Å². The van der Waals surface area contributed by atoms with Gasteiger partial charge in [-0.15, -0.1) is 0 Å². The van der Waals surface area contributed by atoms with Crippen molar-refractivity contribution in [3.63, 3.8) is 0 Å². The monoisotopic (exact) mass is 357 g/mol. The molecule has 0 unspecified atom stereocenters. The minimum absolute atomic E-state index is 0.871. The van der Waals surface area contributed by atoms with Gasteiger partial charge in [0.05, 0.1) is 36.4 Å². The summed E-state index contributed by atoms with van der Waals surface area (Å²) in [4.78, 5) is 2.24. The Balaban J connectivity index is 2.15. The summed E-state index contributed by atoms with van der Waals surface area (Å²) in [5.74, 6) is 1.74. The van der Waals surface area contributed by atoms with E-state index in [-0.39, 0.29) is 0 Å². The zero-order chi connectivity index (χ0) is 18.7. The van der Waals surface area contributed by atoms with Gasteiger partial charge in [-0.05, 0) is 24.3 Å². The summed E-state index contributed by atoms with van der Waals surface area (Å²) in [7, 11) is 7.69. The van der Waals surface area contributed by atoms with Crippen LogP contribution in [0.25, 0.3) is 32.9 Å². The molecular weight excluding hydrogens is 336 g/mol. The predicted octanol–water partition coefficient (Wildman–Crippen LogP) is 4.58. The molecule has 27 heavy (non-hydrogen) atoms. The van der Waals surface area contributed by atoms with Gasteiger partial charge in [-0.25, -0.2) is 0 Å². The number of fused-ring (bicyclic) bond motifs is 4. The molecule has 5 rings (SSSR count). The second-order valence-corrected chi connectivity index (χ2v) is 6.87. The molecule has 0 saturated heterocycles. The highest BCUT2D eigenvalue weighted by atomic mass is 16.5. The topological polar surface area (TPSA) is 25.6 Å². The van der Waals surface area contributed by atoms with E-state index < -0.39 is 0 Å². The number of anilines is 2. The minimum atomic E-state index is 0.871. The van der Waals surface area contributed by atoms with E-state index >= 15 is 0 Å². The van der Waals surface area contributed by atoms with E-state index in [2.05, 4.69) is 53.9 Å². The van der Waals surface area contributed by atoms with Gasteiger partial charge in [0.25, 0.3) is 0 Å². The largest absolute Gasteiger partial charge is 0.496 e. The van der Waals surface area contributed by atoms with Gasteiger partial charge in [0.2, 0.25) is 11.0 Å². The van der Waals surface area contributed by atoms with E-state index in [9.17, 15) is 0 Å². The van der Waals surface area contributed by atoms with E-state index in [1.807, 2.05) is 24.3 Å². The van der Waals surface area contributed by atoms with Crippen LogP contribution in [0.1, 0.15) is 0 Å². The van der Waals surface area contributed by atoms with Crippen LogP contribution in [0.3, 0.4) is 0 Å². The maximum absolute atomic E-state index is 5.79. The number of aryl methyl sites for hydroxylation is 1. The molecule has 0 saturated carbocycles. The van der Waals surface area contributed by atoms with Gasteiger partial charge < -0.3 is 14.4 Å². The second kappa shape index (κ2) is 5.61. The van der Waals surface area contributed by atoms with Gasteiger partial charge >= 0.3 is 0 Å². The highest BCUT2D eigenvalue weighted by Gasteiger charge is 2.32. The molecule has 0 amide bonds. The van der Waals surface area contributed by atoms with Gasteiger partial charge in [-0.3, -0.25) is 0 Å². The van der Waals surface area contributed by atoms with E-state index in [1.54, 1.807) is 14.2 Å². The van der Waals surface area contributed by atoms with Crippen LogP contribution < -0.4 is 18.9 Å². The predicted molar refractivity (Wildman–Crippen MR) is 109 cm³/mol. The molecule has 4 heteroatoms. The van der Waals surface area contributed by atoms with Crippen molar-refractivity contribution >= 4 is 33.2 Å². The van der Waals surface area contributed by atoms with Gasteiger partial charge in [0, 0.05) is 30.3 Å². The molecule has 1 aliphatic heterocycles. The van der Waals surface area contributed by atoms with Crippen LogP contribution in [-0.4, -0.2) is 21.3 Å². The van der Waals surface area contributed by atoms with E-state index in [0.717, 1.165) is 33.7 Å². The Morgan fingerprint density at radius 3 is 2.04 bits per heavy atom. The van der Waals surface area contributed by atoms with Crippen LogP contribution in [0.15, 0.2) is 54.6 Å². The fraction of sp³-hybridized carbons (Fsp3) is 0.174. The summed E-state index contributed by atoms with van der Waals surface area (Å²) in [6.07, 6.45) is 0. The molecule has 3 aromatic carbocycles. The van der Waals surface area contributed by atoms with Crippen molar-refractivity contribution in [1.82, 2.24) is 0 Å². The van der Waals surface area contributed by atoms with Gasteiger partial charge in [-0.2, -0.15) is 4.57 Å². The Kier molecular flexibility index (Phi) is 3.31. The number of methoxy groups -OCH3 is 2. The van der Waals surface area contributed by atoms with Crippen molar-refractivity contribution in [2.45, 2.75) is 0 Å². The highest BCUT2D eigenvalue weighted by molar-refractivity contribution is 6.19. The molecule has 4 aromatic rings. The first-order valence-corrected chi connectivity index (χ1v) is 9.00. The molecule has 0 atom stereocenters. The third-order valence-electron chi connectivity index (χ3n) is 5.66. The summed E-state index contributed by atoms with van der Waals surface area (Å²) in [6.45, 7) is 0. The summed E-state index contributed by atoms with van der Waals surface area (Å²) in [6, 6.07) is 18.9. The first kappa shape index (κ1) is 15.9. The molecule has 4 nitrogen and oxygen atoms in total. The van der Waals surface area contributed by atoms with Crippen molar-refractivity contribution < 1.29 is 14.0 Å². The molecule has 0 spiro atoms. The lowest BCUT2D eigenvalue weighted by Gasteiger charge is -2.31. The quantitative estimate of drug-likeness (QED) is 0.388. The zero-order valence-corrected chi connectivity index (χ0v) is 15.9. The van der Waals surface area contributed by atoms with Gasteiger partial charge in [-0.1, -0.05) is 18.2 Å². The Hall–Kier alpha value is -3.27. The van der Waals surface area contributed by atoms with Crippen molar-refractivity contribution in [2.75, 3.05) is 26.2 Å². The normalized spacial score (nSPS) is 12.4.